The molecule has 30 heavy (non-hydrogen) atoms. The largest absolute Gasteiger partial charge is 0.507 e. The summed E-state index contributed by atoms with van der Waals surface area (Å²) < 4.78 is 0. The summed E-state index contributed by atoms with van der Waals surface area (Å²) in [5, 5.41) is 60.9. The van der Waals surface area contributed by atoms with Crippen molar-refractivity contribution in [1.29, 1.82) is 0 Å². The van der Waals surface area contributed by atoms with Crippen LogP contribution in [0.5, 0.6) is 34.5 Å². The van der Waals surface area contributed by atoms with E-state index < -0.39 is 0 Å². The fourth-order valence-corrected chi connectivity index (χ4v) is 3.67. The van der Waals surface area contributed by atoms with Crippen LogP contribution in [0.15, 0.2) is 60.7 Å². The first kappa shape index (κ1) is 19.3. The third-order valence-corrected chi connectivity index (χ3v) is 5.14. The third-order valence-electron chi connectivity index (χ3n) is 5.14. The summed E-state index contributed by atoms with van der Waals surface area (Å²) >= 11 is 0. The van der Waals surface area contributed by atoms with E-state index in [1.54, 1.807) is 30.3 Å². The molecule has 6 nitrogen and oxygen atoms in total. The van der Waals surface area contributed by atoms with E-state index in [9.17, 15) is 30.6 Å². The van der Waals surface area contributed by atoms with Gasteiger partial charge in [-0.1, -0.05) is 30.3 Å². The SMILES string of the molecule is Oc1ccc(Cc2cc(Cc3ccc(O)c(O)c3)c3c(O)cccc3c2O)cc1O. The summed E-state index contributed by atoms with van der Waals surface area (Å²) in [5.41, 5.74) is 2.71. The maximum atomic E-state index is 10.8. The van der Waals surface area contributed by atoms with Crippen LogP contribution in [0.4, 0.5) is 0 Å². The lowest BCUT2D eigenvalue weighted by atomic mass is 9.92. The summed E-state index contributed by atoms with van der Waals surface area (Å²) in [5.74, 6) is -0.880. The third kappa shape index (κ3) is 3.51. The number of phenols is 6. The highest BCUT2D eigenvalue weighted by atomic mass is 16.3. The predicted molar refractivity (Wildman–Crippen MR) is 112 cm³/mol. The van der Waals surface area contributed by atoms with E-state index in [0.29, 0.717) is 40.3 Å². The Balaban J connectivity index is 1.84. The van der Waals surface area contributed by atoms with Gasteiger partial charge in [-0.25, -0.2) is 0 Å². The molecule has 0 spiro atoms. The molecule has 0 unspecified atom stereocenters. The Kier molecular flexibility index (Phi) is 4.75. The Bertz CT molecular complexity index is 1260. The first-order chi connectivity index (χ1) is 14.3. The lowest BCUT2D eigenvalue weighted by Crippen LogP contribution is -1.96. The molecular weight excluding hydrogens is 384 g/mol. The van der Waals surface area contributed by atoms with Crippen LogP contribution in [0.1, 0.15) is 22.3 Å². The number of benzene rings is 4. The molecule has 0 aliphatic rings. The number of fused-ring (bicyclic) bond motifs is 1. The summed E-state index contributed by atoms with van der Waals surface area (Å²) in [6, 6.07) is 15.6. The molecule has 0 aliphatic carbocycles. The maximum Gasteiger partial charge on any atom is 0.157 e. The smallest absolute Gasteiger partial charge is 0.157 e. The molecule has 152 valence electrons. The summed E-state index contributed by atoms with van der Waals surface area (Å²) in [6.07, 6.45) is 0.634. The second-order valence-corrected chi connectivity index (χ2v) is 7.24. The molecule has 0 amide bonds. The van der Waals surface area contributed by atoms with Crippen LogP contribution in [0.3, 0.4) is 0 Å². The van der Waals surface area contributed by atoms with Crippen LogP contribution in [-0.4, -0.2) is 30.6 Å². The van der Waals surface area contributed by atoms with Crippen LogP contribution in [0.25, 0.3) is 10.8 Å². The molecule has 0 heterocycles. The minimum atomic E-state index is -0.245. The fraction of sp³-hybridized carbons (Fsp3) is 0.0833. The first-order valence-electron chi connectivity index (χ1n) is 9.30. The molecule has 0 atom stereocenters. The molecule has 0 bridgehead atoms. The lowest BCUT2D eigenvalue weighted by molar-refractivity contribution is 0.403. The highest BCUT2D eigenvalue weighted by Crippen LogP contribution is 2.39. The Morgan fingerprint density at radius 3 is 1.63 bits per heavy atom. The van der Waals surface area contributed by atoms with Gasteiger partial charge in [0.1, 0.15) is 11.5 Å². The van der Waals surface area contributed by atoms with Gasteiger partial charge in [0.2, 0.25) is 0 Å². The van der Waals surface area contributed by atoms with Gasteiger partial charge in [-0.15, -0.1) is 0 Å². The Labute approximate surface area is 172 Å². The first-order valence-corrected chi connectivity index (χ1v) is 9.30. The lowest BCUT2D eigenvalue weighted by Gasteiger charge is -2.15. The van der Waals surface area contributed by atoms with E-state index in [0.717, 1.165) is 5.56 Å². The maximum absolute atomic E-state index is 10.8. The van der Waals surface area contributed by atoms with E-state index in [1.165, 1.54) is 30.3 Å². The zero-order valence-electron chi connectivity index (χ0n) is 15.9. The van der Waals surface area contributed by atoms with Crippen molar-refractivity contribution in [3.63, 3.8) is 0 Å². The topological polar surface area (TPSA) is 121 Å². The molecule has 0 aliphatic heterocycles. The number of hydrogen-bond acceptors (Lipinski definition) is 6. The van der Waals surface area contributed by atoms with Gasteiger partial charge in [0, 0.05) is 17.2 Å². The van der Waals surface area contributed by atoms with Crippen molar-refractivity contribution >= 4 is 10.8 Å². The zero-order valence-corrected chi connectivity index (χ0v) is 15.9. The molecule has 0 saturated carbocycles. The second kappa shape index (κ2) is 7.40. The minimum absolute atomic E-state index is 0.0192. The summed E-state index contributed by atoms with van der Waals surface area (Å²) in [4.78, 5) is 0. The van der Waals surface area contributed by atoms with Crippen molar-refractivity contribution in [3.05, 3.63) is 82.9 Å². The molecule has 0 fully saturated rings. The van der Waals surface area contributed by atoms with Gasteiger partial charge in [0.15, 0.2) is 23.0 Å². The van der Waals surface area contributed by atoms with Crippen molar-refractivity contribution in [2.45, 2.75) is 12.8 Å². The normalized spacial score (nSPS) is 11.1. The van der Waals surface area contributed by atoms with Gasteiger partial charge in [0.25, 0.3) is 0 Å². The predicted octanol–water partition coefficient (Wildman–Crippen LogP) is 4.26. The quantitative estimate of drug-likeness (QED) is 0.283. The molecule has 4 aromatic carbocycles. The van der Waals surface area contributed by atoms with Crippen molar-refractivity contribution in [1.82, 2.24) is 0 Å². The molecule has 4 rings (SSSR count). The van der Waals surface area contributed by atoms with Gasteiger partial charge in [-0.2, -0.15) is 0 Å². The second-order valence-electron chi connectivity index (χ2n) is 7.24. The van der Waals surface area contributed by atoms with Crippen LogP contribution < -0.4 is 0 Å². The van der Waals surface area contributed by atoms with Crippen molar-refractivity contribution < 1.29 is 30.6 Å². The van der Waals surface area contributed by atoms with E-state index in [4.69, 9.17) is 0 Å². The Morgan fingerprint density at radius 2 is 1.07 bits per heavy atom. The average molecular weight is 404 g/mol. The number of phenolic OH excluding ortho intramolecular Hbond substituents is 6. The molecule has 0 radical (unpaired) electrons. The Hall–Kier alpha value is -4.06. The van der Waals surface area contributed by atoms with Gasteiger partial charge < -0.3 is 30.6 Å². The number of rotatable bonds is 4. The van der Waals surface area contributed by atoms with Gasteiger partial charge in [-0.3, -0.25) is 0 Å². The van der Waals surface area contributed by atoms with E-state index in [1.807, 2.05) is 0 Å². The van der Waals surface area contributed by atoms with Gasteiger partial charge in [-0.05, 0) is 59.0 Å². The molecule has 6 N–H and O–H groups in total. The van der Waals surface area contributed by atoms with Crippen molar-refractivity contribution in [2.24, 2.45) is 0 Å². The van der Waals surface area contributed by atoms with Crippen LogP contribution >= 0.6 is 0 Å². The standard InChI is InChI=1S/C24H20O6/c25-18-6-4-13(10-21(18)28)8-15-12-16(9-14-5-7-19(26)22(29)11-14)24(30)17-2-1-3-20(27)23(15)17/h1-7,10-12,25-30H,8-9H2. The molecule has 0 saturated heterocycles. The minimum Gasteiger partial charge on any atom is -0.507 e. The van der Waals surface area contributed by atoms with Crippen molar-refractivity contribution in [2.75, 3.05) is 0 Å². The number of hydrogen-bond donors (Lipinski definition) is 6. The monoisotopic (exact) mass is 404 g/mol. The van der Waals surface area contributed by atoms with E-state index in [-0.39, 0.29) is 34.5 Å². The highest BCUT2D eigenvalue weighted by Gasteiger charge is 2.16. The molecule has 4 aromatic rings. The van der Waals surface area contributed by atoms with Gasteiger partial charge >= 0.3 is 0 Å². The Morgan fingerprint density at radius 1 is 0.500 bits per heavy atom. The van der Waals surface area contributed by atoms with E-state index in [2.05, 4.69) is 0 Å². The zero-order chi connectivity index (χ0) is 21.4. The summed E-state index contributed by atoms with van der Waals surface area (Å²) in [7, 11) is 0. The molecular formula is C24H20O6. The molecule has 0 aromatic heterocycles. The van der Waals surface area contributed by atoms with Crippen LogP contribution in [-0.2, 0) is 12.8 Å². The van der Waals surface area contributed by atoms with Crippen molar-refractivity contribution in [3.8, 4) is 34.5 Å². The van der Waals surface area contributed by atoms with E-state index >= 15 is 0 Å². The number of aromatic hydroxyl groups is 6. The van der Waals surface area contributed by atoms with Crippen LogP contribution in [0.2, 0.25) is 0 Å². The molecule has 6 heteroatoms. The van der Waals surface area contributed by atoms with Gasteiger partial charge in [0.05, 0.1) is 0 Å². The average Bonchev–Trinajstić information content (AvgIpc) is 2.71. The fourth-order valence-electron chi connectivity index (χ4n) is 3.67. The highest BCUT2D eigenvalue weighted by molar-refractivity contribution is 5.96. The van der Waals surface area contributed by atoms with Crippen LogP contribution in [0, 0.1) is 0 Å². The summed E-state index contributed by atoms with van der Waals surface area (Å²) in [6.45, 7) is 0.